The first kappa shape index (κ1) is 9.45. The zero-order valence-electron chi connectivity index (χ0n) is 7.49. The van der Waals surface area contributed by atoms with Gasteiger partial charge in [0.15, 0.2) is 0 Å². The Labute approximate surface area is 94.4 Å². The number of hydrogen-bond acceptors (Lipinski definition) is 2. The van der Waals surface area contributed by atoms with Crippen LogP contribution in [-0.2, 0) is 0 Å². The van der Waals surface area contributed by atoms with Crippen LogP contribution in [0.25, 0.3) is 5.52 Å². The van der Waals surface area contributed by atoms with Crippen LogP contribution >= 0.6 is 22.6 Å². The van der Waals surface area contributed by atoms with Crippen molar-refractivity contribution >= 4 is 34.0 Å². The zero-order valence-corrected chi connectivity index (χ0v) is 9.65. The lowest BCUT2D eigenvalue weighted by Gasteiger charge is -2.00. The summed E-state index contributed by atoms with van der Waals surface area (Å²) in [5.41, 5.74) is 1.60. The Morgan fingerprint density at radius 1 is 1.64 bits per heavy atom. The Morgan fingerprint density at radius 2 is 2.43 bits per heavy atom. The van der Waals surface area contributed by atoms with Gasteiger partial charge >= 0.3 is 0 Å². The minimum Gasteiger partial charge on any atom is -0.355 e. The van der Waals surface area contributed by atoms with Crippen molar-refractivity contribution in [2.45, 2.75) is 0 Å². The monoisotopic (exact) mass is 301 g/mol. The van der Waals surface area contributed by atoms with Crippen LogP contribution in [0.2, 0.25) is 0 Å². The quantitative estimate of drug-likeness (QED) is 0.807. The number of aromatic nitrogens is 2. The molecule has 0 saturated heterocycles. The number of halogens is 1. The van der Waals surface area contributed by atoms with E-state index < -0.39 is 0 Å². The minimum atomic E-state index is -0.0792. The molecular weight excluding hydrogens is 293 g/mol. The Morgan fingerprint density at radius 3 is 3.14 bits per heavy atom. The SMILES string of the molecule is CNC(=O)c1ccn2ncc(I)c2c1. The Balaban J connectivity index is 2.60. The molecular formula is C9H8IN3O. The van der Waals surface area contributed by atoms with Gasteiger partial charge in [0.1, 0.15) is 0 Å². The maximum atomic E-state index is 11.3. The van der Waals surface area contributed by atoms with Crippen molar-refractivity contribution in [2.75, 3.05) is 7.05 Å². The highest BCUT2D eigenvalue weighted by atomic mass is 127. The lowest BCUT2D eigenvalue weighted by molar-refractivity contribution is 0.0963. The predicted octanol–water partition coefficient (Wildman–Crippen LogP) is 1.30. The van der Waals surface area contributed by atoms with Crippen molar-refractivity contribution in [1.29, 1.82) is 0 Å². The van der Waals surface area contributed by atoms with E-state index in [-0.39, 0.29) is 5.91 Å². The smallest absolute Gasteiger partial charge is 0.251 e. The third-order valence-corrected chi connectivity index (χ3v) is 2.79. The summed E-state index contributed by atoms with van der Waals surface area (Å²) in [7, 11) is 1.62. The molecule has 0 aliphatic rings. The number of carbonyl (C=O) groups excluding carboxylic acids is 1. The van der Waals surface area contributed by atoms with E-state index in [0.717, 1.165) is 9.09 Å². The number of hydrogen-bond donors (Lipinski definition) is 1. The normalized spacial score (nSPS) is 10.4. The number of pyridine rings is 1. The molecule has 0 radical (unpaired) electrons. The molecule has 4 nitrogen and oxygen atoms in total. The highest BCUT2D eigenvalue weighted by Gasteiger charge is 2.06. The molecule has 0 atom stereocenters. The number of rotatable bonds is 1. The first-order valence-corrected chi connectivity index (χ1v) is 5.15. The van der Waals surface area contributed by atoms with E-state index in [0.29, 0.717) is 5.56 Å². The van der Waals surface area contributed by atoms with Gasteiger partial charge in [0.25, 0.3) is 5.91 Å². The molecule has 0 bridgehead atoms. The Bertz CT molecular complexity index is 492. The van der Waals surface area contributed by atoms with Gasteiger partial charge in [0.05, 0.1) is 15.3 Å². The predicted molar refractivity (Wildman–Crippen MR) is 61.3 cm³/mol. The van der Waals surface area contributed by atoms with Crippen LogP contribution in [0.3, 0.4) is 0 Å². The fraction of sp³-hybridized carbons (Fsp3) is 0.111. The van der Waals surface area contributed by atoms with Gasteiger partial charge in [-0.3, -0.25) is 4.79 Å². The third kappa shape index (κ3) is 1.47. The zero-order chi connectivity index (χ0) is 10.1. The minimum absolute atomic E-state index is 0.0792. The molecule has 0 aliphatic carbocycles. The van der Waals surface area contributed by atoms with E-state index in [9.17, 15) is 4.79 Å². The number of nitrogens with one attached hydrogen (secondary N) is 1. The Kier molecular flexibility index (Phi) is 2.40. The van der Waals surface area contributed by atoms with Crippen molar-refractivity contribution in [3.8, 4) is 0 Å². The third-order valence-electron chi connectivity index (χ3n) is 1.96. The molecule has 2 aromatic rings. The van der Waals surface area contributed by atoms with E-state index >= 15 is 0 Å². The van der Waals surface area contributed by atoms with E-state index in [2.05, 4.69) is 33.0 Å². The summed E-state index contributed by atoms with van der Waals surface area (Å²) in [6.07, 6.45) is 3.55. The van der Waals surface area contributed by atoms with Gasteiger partial charge in [-0.15, -0.1) is 0 Å². The summed E-state index contributed by atoms with van der Waals surface area (Å²) < 4.78 is 2.78. The van der Waals surface area contributed by atoms with Gasteiger partial charge < -0.3 is 5.32 Å². The first-order chi connectivity index (χ1) is 6.72. The molecule has 0 spiro atoms. The highest BCUT2D eigenvalue weighted by molar-refractivity contribution is 14.1. The molecule has 72 valence electrons. The summed E-state index contributed by atoms with van der Waals surface area (Å²) in [5.74, 6) is -0.0792. The molecule has 2 aromatic heterocycles. The molecule has 1 amide bonds. The molecule has 0 aromatic carbocycles. The van der Waals surface area contributed by atoms with Crippen LogP contribution in [0.15, 0.2) is 24.5 Å². The fourth-order valence-electron chi connectivity index (χ4n) is 1.24. The van der Waals surface area contributed by atoms with Crippen LogP contribution in [0, 0.1) is 3.57 Å². The molecule has 2 rings (SSSR count). The Hall–Kier alpha value is -1.11. The van der Waals surface area contributed by atoms with E-state index in [1.165, 1.54) is 0 Å². The molecule has 14 heavy (non-hydrogen) atoms. The van der Waals surface area contributed by atoms with Crippen LogP contribution < -0.4 is 5.32 Å². The fourth-order valence-corrected chi connectivity index (χ4v) is 1.76. The number of fused-ring (bicyclic) bond motifs is 1. The van der Waals surface area contributed by atoms with Gasteiger partial charge in [0, 0.05) is 18.8 Å². The lowest BCUT2D eigenvalue weighted by atomic mass is 10.2. The van der Waals surface area contributed by atoms with Crippen molar-refractivity contribution in [3.63, 3.8) is 0 Å². The molecule has 0 fully saturated rings. The van der Waals surface area contributed by atoms with Crippen LogP contribution in [0.5, 0.6) is 0 Å². The average Bonchev–Trinajstić information content (AvgIpc) is 2.59. The summed E-state index contributed by atoms with van der Waals surface area (Å²) in [4.78, 5) is 11.3. The standard InChI is InChI=1S/C9H8IN3O/c1-11-9(14)6-2-3-13-8(4-6)7(10)5-12-13/h2-5H,1H3,(H,11,14). The summed E-state index contributed by atoms with van der Waals surface area (Å²) in [5, 5.41) is 6.71. The van der Waals surface area contributed by atoms with E-state index in [1.807, 2.05) is 6.07 Å². The second-order valence-electron chi connectivity index (χ2n) is 2.82. The van der Waals surface area contributed by atoms with E-state index in [4.69, 9.17) is 0 Å². The largest absolute Gasteiger partial charge is 0.355 e. The maximum absolute atomic E-state index is 11.3. The molecule has 2 heterocycles. The topological polar surface area (TPSA) is 46.4 Å². The van der Waals surface area contributed by atoms with Gasteiger partial charge in [0.2, 0.25) is 0 Å². The second kappa shape index (κ2) is 3.56. The van der Waals surface area contributed by atoms with Crippen LogP contribution in [0.4, 0.5) is 0 Å². The van der Waals surface area contributed by atoms with Gasteiger partial charge in [-0.1, -0.05) is 0 Å². The van der Waals surface area contributed by atoms with Gasteiger partial charge in [-0.05, 0) is 34.7 Å². The molecule has 1 N–H and O–H groups in total. The second-order valence-corrected chi connectivity index (χ2v) is 3.98. The van der Waals surface area contributed by atoms with Crippen LogP contribution in [-0.4, -0.2) is 22.6 Å². The van der Waals surface area contributed by atoms with Crippen LogP contribution in [0.1, 0.15) is 10.4 Å². The average molecular weight is 301 g/mol. The van der Waals surface area contributed by atoms with Gasteiger partial charge in [-0.2, -0.15) is 5.10 Å². The molecule has 5 heteroatoms. The van der Waals surface area contributed by atoms with Crippen molar-refractivity contribution < 1.29 is 4.79 Å². The highest BCUT2D eigenvalue weighted by Crippen LogP contribution is 2.14. The summed E-state index contributed by atoms with van der Waals surface area (Å²) in [6, 6.07) is 3.57. The van der Waals surface area contributed by atoms with E-state index in [1.54, 1.807) is 30.0 Å². The molecule has 0 unspecified atom stereocenters. The number of carbonyl (C=O) groups is 1. The van der Waals surface area contributed by atoms with Crippen molar-refractivity contribution in [2.24, 2.45) is 0 Å². The number of nitrogens with zero attached hydrogens (tertiary/aromatic N) is 2. The maximum Gasteiger partial charge on any atom is 0.251 e. The molecule has 0 saturated carbocycles. The number of amides is 1. The lowest BCUT2D eigenvalue weighted by Crippen LogP contribution is -2.17. The summed E-state index contributed by atoms with van der Waals surface area (Å²) in [6.45, 7) is 0. The summed E-state index contributed by atoms with van der Waals surface area (Å²) >= 11 is 2.19. The van der Waals surface area contributed by atoms with Crippen molar-refractivity contribution in [1.82, 2.24) is 14.9 Å². The van der Waals surface area contributed by atoms with Gasteiger partial charge in [-0.25, -0.2) is 4.52 Å². The molecule has 0 aliphatic heterocycles. The first-order valence-electron chi connectivity index (χ1n) is 4.07. The van der Waals surface area contributed by atoms with Crippen molar-refractivity contribution in [3.05, 3.63) is 33.7 Å².